The van der Waals surface area contributed by atoms with E-state index >= 15 is 0 Å². The lowest BCUT2D eigenvalue weighted by Crippen LogP contribution is -2.11. The van der Waals surface area contributed by atoms with E-state index in [1.165, 1.54) is 17.4 Å². The fourth-order valence-corrected chi connectivity index (χ4v) is 3.18. The van der Waals surface area contributed by atoms with Crippen molar-refractivity contribution in [3.8, 4) is 11.5 Å². The van der Waals surface area contributed by atoms with Crippen molar-refractivity contribution in [3.05, 3.63) is 64.8 Å². The average molecular weight is 416 g/mol. The highest BCUT2D eigenvalue weighted by atomic mass is 32.1. The van der Waals surface area contributed by atoms with Crippen molar-refractivity contribution >= 4 is 28.4 Å². The summed E-state index contributed by atoms with van der Waals surface area (Å²) in [6.07, 6.45) is 6.22. The smallest absolute Gasteiger partial charge is 0.198 e. The van der Waals surface area contributed by atoms with Crippen molar-refractivity contribution in [1.29, 1.82) is 0 Å². The maximum absolute atomic E-state index is 14.1. The van der Waals surface area contributed by atoms with Crippen LogP contribution in [-0.4, -0.2) is 35.5 Å². The molecule has 0 fully saturated rings. The number of hydrogen-bond acceptors (Lipinski definition) is 6. The van der Waals surface area contributed by atoms with Crippen LogP contribution in [0, 0.1) is 18.6 Å². The van der Waals surface area contributed by atoms with Crippen molar-refractivity contribution in [2.45, 2.75) is 13.3 Å². The number of para-hydroxylation sites is 1. The Labute approximate surface area is 172 Å². The van der Waals surface area contributed by atoms with Gasteiger partial charge in [0.25, 0.3) is 0 Å². The van der Waals surface area contributed by atoms with E-state index in [1.807, 2.05) is 38.6 Å². The monoisotopic (exact) mass is 416 g/mol. The highest BCUT2D eigenvalue weighted by molar-refractivity contribution is 7.13. The number of aromatic nitrogens is 2. The number of benzene rings is 1. The third-order valence-corrected chi connectivity index (χ3v) is 4.80. The van der Waals surface area contributed by atoms with Gasteiger partial charge in [0.05, 0.1) is 5.69 Å². The molecule has 152 valence electrons. The Kier molecular flexibility index (Phi) is 6.90. The molecule has 0 amide bonds. The Bertz CT molecular complexity index is 984. The van der Waals surface area contributed by atoms with Crippen LogP contribution < -0.4 is 10.1 Å². The van der Waals surface area contributed by atoms with Crippen LogP contribution in [0.15, 0.2) is 41.9 Å². The molecule has 0 aliphatic heterocycles. The lowest BCUT2D eigenvalue weighted by atomic mass is 10.2. The quantitative estimate of drug-likeness (QED) is 0.516. The van der Waals surface area contributed by atoms with Gasteiger partial charge >= 0.3 is 0 Å². The second kappa shape index (κ2) is 9.58. The van der Waals surface area contributed by atoms with Crippen LogP contribution >= 0.6 is 11.3 Å². The summed E-state index contributed by atoms with van der Waals surface area (Å²) in [6, 6.07) is 5.21. The first-order chi connectivity index (χ1) is 13.9. The summed E-state index contributed by atoms with van der Waals surface area (Å²) >= 11 is 1.44. The number of pyridine rings is 1. The van der Waals surface area contributed by atoms with E-state index in [4.69, 9.17) is 4.74 Å². The van der Waals surface area contributed by atoms with E-state index < -0.39 is 17.4 Å². The molecule has 0 radical (unpaired) electrons. The van der Waals surface area contributed by atoms with Gasteiger partial charge in [-0.3, -0.25) is 0 Å². The lowest BCUT2D eigenvalue weighted by Gasteiger charge is -2.12. The minimum Gasteiger partial charge on any atom is -0.450 e. The first-order valence-corrected chi connectivity index (χ1v) is 9.92. The molecule has 0 saturated carbocycles. The Morgan fingerprint density at radius 1 is 1.24 bits per heavy atom. The minimum atomic E-state index is -0.769. The molecule has 2 heterocycles. The van der Waals surface area contributed by atoms with E-state index in [0.717, 1.165) is 30.8 Å². The molecule has 3 aromatic rings. The van der Waals surface area contributed by atoms with Crippen LogP contribution in [0.1, 0.15) is 17.7 Å². The van der Waals surface area contributed by atoms with Gasteiger partial charge in [0.15, 0.2) is 22.5 Å². The van der Waals surface area contributed by atoms with E-state index in [9.17, 15) is 8.78 Å². The molecular formula is C21H22F2N4OS. The van der Waals surface area contributed by atoms with Gasteiger partial charge in [0.1, 0.15) is 11.6 Å². The number of thiazole rings is 1. The Morgan fingerprint density at radius 2 is 2.00 bits per heavy atom. The zero-order valence-corrected chi connectivity index (χ0v) is 17.3. The number of aryl methyl sites for hydroxylation is 1. The molecule has 0 aliphatic rings. The molecule has 0 bridgehead atoms. The SMILES string of the molecule is Cc1csc(Nc2cc(Oc3c(F)cccc3F)c(C=CCCN(C)C)cn2)n1. The molecule has 3 rings (SSSR count). The molecule has 2 aromatic heterocycles. The topological polar surface area (TPSA) is 50.3 Å². The van der Waals surface area contributed by atoms with Gasteiger partial charge in [0.2, 0.25) is 0 Å². The number of ether oxygens (including phenoxy) is 1. The molecule has 29 heavy (non-hydrogen) atoms. The molecule has 0 unspecified atom stereocenters. The maximum atomic E-state index is 14.1. The average Bonchev–Trinajstić information content (AvgIpc) is 3.08. The van der Waals surface area contributed by atoms with Gasteiger partial charge in [-0.1, -0.05) is 18.2 Å². The summed E-state index contributed by atoms with van der Waals surface area (Å²) in [6.45, 7) is 2.78. The van der Waals surface area contributed by atoms with Gasteiger partial charge in [0, 0.05) is 29.8 Å². The molecule has 8 heteroatoms. The number of nitrogens with one attached hydrogen (secondary N) is 1. The molecule has 0 aliphatic carbocycles. The van der Waals surface area contributed by atoms with E-state index in [0.29, 0.717) is 22.3 Å². The van der Waals surface area contributed by atoms with Crippen molar-refractivity contribution < 1.29 is 13.5 Å². The standard InChI is InChI=1S/C21H22F2N4OS/c1-14-13-29-21(25-14)26-19-11-18(28-20-16(22)8-6-9-17(20)23)15(12-24-19)7-4-5-10-27(2)3/h4,6-9,11-13H,5,10H2,1-3H3,(H,24,25,26). The summed E-state index contributed by atoms with van der Waals surface area (Å²) < 4.78 is 33.8. The van der Waals surface area contributed by atoms with Gasteiger partial charge in [-0.2, -0.15) is 0 Å². The highest BCUT2D eigenvalue weighted by Gasteiger charge is 2.14. The van der Waals surface area contributed by atoms with Gasteiger partial charge < -0.3 is 15.0 Å². The van der Waals surface area contributed by atoms with Crippen molar-refractivity contribution in [2.24, 2.45) is 0 Å². The molecular weight excluding hydrogens is 394 g/mol. The first kappa shape index (κ1) is 20.9. The van der Waals surface area contributed by atoms with Crippen molar-refractivity contribution in [2.75, 3.05) is 26.0 Å². The largest absolute Gasteiger partial charge is 0.450 e. The van der Waals surface area contributed by atoms with E-state index in [2.05, 4.69) is 20.2 Å². The van der Waals surface area contributed by atoms with Gasteiger partial charge in [-0.05, 0) is 39.6 Å². The van der Waals surface area contributed by atoms with Gasteiger partial charge in [-0.15, -0.1) is 11.3 Å². The molecule has 5 nitrogen and oxygen atoms in total. The number of rotatable bonds is 8. The normalized spacial score (nSPS) is 11.4. The van der Waals surface area contributed by atoms with Crippen LogP contribution in [0.3, 0.4) is 0 Å². The third-order valence-electron chi connectivity index (χ3n) is 3.92. The maximum Gasteiger partial charge on any atom is 0.198 e. The minimum absolute atomic E-state index is 0.292. The first-order valence-electron chi connectivity index (χ1n) is 9.04. The summed E-state index contributed by atoms with van der Waals surface area (Å²) in [5.74, 6) is -1.22. The van der Waals surface area contributed by atoms with Crippen LogP contribution in [-0.2, 0) is 0 Å². The van der Waals surface area contributed by atoms with Crippen LogP contribution in [0.25, 0.3) is 6.08 Å². The van der Waals surface area contributed by atoms with Crippen molar-refractivity contribution in [3.63, 3.8) is 0 Å². The summed E-state index contributed by atoms with van der Waals surface area (Å²) in [5.41, 5.74) is 1.51. The zero-order chi connectivity index (χ0) is 20.8. The van der Waals surface area contributed by atoms with Crippen LogP contribution in [0.2, 0.25) is 0 Å². The lowest BCUT2D eigenvalue weighted by molar-refractivity contribution is 0.406. The number of nitrogens with zero attached hydrogens (tertiary/aromatic N) is 3. The van der Waals surface area contributed by atoms with Crippen molar-refractivity contribution in [1.82, 2.24) is 14.9 Å². The van der Waals surface area contributed by atoms with E-state index in [1.54, 1.807) is 12.3 Å². The second-order valence-electron chi connectivity index (χ2n) is 6.67. The highest BCUT2D eigenvalue weighted by Crippen LogP contribution is 2.32. The second-order valence-corrected chi connectivity index (χ2v) is 7.53. The predicted molar refractivity (Wildman–Crippen MR) is 113 cm³/mol. The Balaban J connectivity index is 1.90. The molecule has 0 spiro atoms. The summed E-state index contributed by atoms with van der Waals surface area (Å²) in [4.78, 5) is 10.8. The number of anilines is 2. The zero-order valence-electron chi connectivity index (χ0n) is 16.4. The molecule has 0 saturated heterocycles. The van der Waals surface area contributed by atoms with E-state index in [-0.39, 0.29) is 0 Å². The third kappa shape index (κ3) is 5.82. The Hall–Kier alpha value is -2.84. The summed E-state index contributed by atoms with van der Waals surface area (Å²) in [5, 5.41) is 5.67. The Morgan fingerprint density at radius 3 is 2.66 bits per heavy atom. The van der Waals surface area contributed by atoms with Crippen LogP contribution in [0.5, 0.6) is 11.5 Å². The molecule has 1 N–H and O–H groups in total. The molecule has 1 aromatic carbocycles. The summed E-state index contributed by atoms with van der Waals surface area (Å²) in [7, 11) is 3.98. The fourth-order valence-electron chi connectivity index (χ4n) is 2.48. The fraction of sp³-hybridized carbons (Fsp3) is 0.238. The molecule has 0 atom stereocenters. The predicted octanol–water partition coefficient (Wildman–Crippen LogP) is 5.63. The van der Waals surface area contributed by atoms with Crippen LogP contribution in [0.4, 0.5) is 19.7 Å². The van der Waals surface area contributed by atoms with Gasteiger partial charge in [-0.25, -0.2) is 18.7 Å². The number of halogens is 2. The number of hydrogen-bond donors (Lipinski definition) is 1.